The molecule has 1 heterocycles. The highest BCUT2D eigenvalue weighted by Gasteiger charge is 2.26. The predicted molar refractivity (Wildman–Crippen MR) is 105 cm³/mol. The van der Waals surface area contributed by atoms with Crippen molar-refractivity contribution >= 4 is 28.2 Å². The molecule has 0 saturated heterocycles. The van der Waals surface area contributed by atoms with Crippen LogP contribution in [0, 0.1) is 13.8 Å². The van der Waals surface area contributed by atoms with Gasteiger partial charge in [-0.3, -0.25) is 4.79 Å². The van der Waals surface area contributed by atoms with Crippen LogP contribution in [0.25, 0.3) is 0 Å². The van der Waals surface area contributed by atoms with Gasteiger partial charge in [-0.1, -0.05) is 30.2 Å². The molecule has 1 aromatic heterocycles. The van der Waals surface area contributed by atoms with Crippen molar-refractivity contribution < 1.29 is 14.3 Å². The summed E-state index contributed by atoms with van der Waals surface area (Å²) in [6.07, 6.45) is 5.53. The van der Waals surface area contributed by atoms with Crippen LogP contribution in [-0.2, 0) is 28.8 Å². The zero-order chi connectivity index (χ0) is 18.7. The lowest BCUT2D eigenvalue weighted by Gasteiger charge is -2.09. The smallest absolute Gasteiger partial charge is 0.341 e. The molecule has 138 valence electrons. The van der Waals surface area contributed by atoms with E-state index in [1.807, 2.05) is 32.0 Å². The maximum atomic E-state index is 12.6. The van der Waals surface area contributed by atoms with Gasteiger partial charge >= 0.3 is 5.97 Å². The number of hydrogen-bond donors (Lipinski definition) is 1. The van der Waals surface area contributed by atoms with Crippen molar-refractivity contribution in [1.82, 2.24) is 0 Å². The van der Waals surface area contributed by atoms with E-state index in [1.54, 1.807) is 0 Å². The third-order valence-electron chi connectivity index (χ3n) is 4.92. The Hall–Kier alpha value is -2.14. The van der Waals surface area contributed by atoms with Crippen molar-refractivity contribution in [2.24, 2.45) is 0 Å². The number of hydrogen-bond acceptors (Lipinski definition) is 4. The summed E-state index contributed by atoms with van der Waals surface area (Å²) in [5.41, 5.74) is 4.88. The van der Waals surface area contributed by atoms with E-state index in [2.05, 4.69) is 5.32 Å². The molecule has 5 heteroatoms. The number of amides is 1. The lowest BCUT2D eigenvalue weighted by molar-refractivity contribution is -0.115. The van der Waals surface area contributed by atoms with Crippen molar-refractivity contribution in [2.45, 2.75) is 52.4 Å². The molecule has 1 amide bonds. The molecule has 2 aromatic rings. The minimum atomic E-state index is -0.355. The summed E-state index contributed by atoms with van der Waals surface area (Å²) >= 11 is 1.53. The van der Waals surface area contributed by atoms with Gasteiger partial charge in [0.05, 0.1) is 19.1 Å². The summed E-state index contributed by atoms with van der Waals surface area (Å²) in [7, 11) is 1.39. The summed E-state index contributed by atoms with van der Waals surface area (Å²) < 4.78 is 4.99. The maximum absolute atomic E-state index is 12.6. The molecule has 0 atom stereocenters. The Morgan fingerprint density at radius 2 is 1.92 bits per heavy atom. The van der Waals surface area contributed by atoms with E-state index in [0.717, 1.165) is 47.9 Å². The van der Waals surface area contributed by atoms with Gasteiger partial charge in [-0.25, -0.2) is 4.79 Å². The molecule has 0 fully saturated rings. The average molecular weight is 372 g/mol. The van der Waals surface area contributed by atoms with Gasteiger partial charge in [0, 0.05) is 4.88 Å². The van der Waals surface area contributed by atoms with Crippen molar-refractivity contribution in [3.8, 4) is 0 Å². The van der Waals surface area contributed by atoms with Gasteiger partial charge in [-0.05, 0) is 56.2 Å². The van der Waals surface area contributed by atoms with Crippen LogP contribution in [0.3, 0.4) is 0 Å². The molecule has 0 spiro atoms. The number of methoxy groups -OCH3 is 1. The van der Waals surface area contributed by atoms with Gasteiger partial charge in [0.15, 0.2) is 0 Å². The standard InChI is InChI=1S/C21H25NO3S/c1-13-9-10-14(2)15(11-13)12-18(23)22-20-19(21(24)25-3)16-7-5-4-6-8-17(16)26-20/h9-11H,4-8,12H2,1-3H3,(H,22,23). The number of thiophene rings is 1. The maximum Gasteiger partial charge on any atom is 0.341 e. The van der Waals surface area contributed by atoms with E-state index >= 15 is 0 Å². The highest BCUT2D eigenvalue weighted by molar-refractivity contribution is 7.17. The second kappa shape index (κ2) is 8.04. The second-order valence-corrected chi connectivity index (χ2v) is 8.02. The fourth-order valence-electron chi connectivity index (χ4n) is 3.48. The van der Waals surface area contributed by atoms with E-state index in [9.17, 15) is 9.59 Å². The minimum Gasteiger partial charge on any atom is -0.465 e. The molecule has 1 N–H and O–H groups in total. The molecule has 1 aliphatic rings. The Morgan fingerprint density at radius 1 is 1.15 bits per heavy atom. The number of rotatable bonds is 4. The van der Waals surface area contributed by atoms with Crippen LogP contribution in [0.1, 0.15) is 56.8 Å². The first kappa shape index (κ1) is 18.6. The number of nitrogens with one attached hydrogen (secondary N) is 1. The molecule has 4 nitrogen and oxygen atoms in total. The summed E-state index contributed by atoms with van der Waals surface area (Å²) in [4.78, 5) is 26.2. The first-order valence-electron chi connectivity index (χ1n) is 9.08. The zero-order valence-electron chi connectivity index (χ0n) is 15.6. The van der Waals surface area contributed by atoms with Gasteiger partial charge < -0.3 is 10.1 Å². The molecule has 0 aliphatic heterocycles. The van der Waals surface area contributed by atoms with E-state index in [-0.39, 0.29) is 11.9 Å². The Bertz CT molecular complexity index is 838. The van der Waals surface area contributed by atoms with Gasteiger partial charge in [-0.2, -0.15) is 0 Å². The van der Waals surface area contributed by atoms with Crippen LogP contribution in [0.15, 0.2) is 18.2 Å². The first-order chi connectivity index (χ1) is 12.5. The fraction of sp³-hybridized carbons (Fsp3) is 0.429. The normalized spacial score (nSPS) is 13.7. The Kier molecular flexibility index (Phi) is 5.77. The number of esters is 1. The Labute approximate surface area is 158 Å². The van der Waals surface area contributed by atoms with Crippen LogP contribution < -0.4 is 5.32 Å². The molecule has 0 unspecified atom stereocenters. The van der Waals surface area contributed by atoms with Gasteiger partial charge in [0.2, 0.25) is 5.91 Å². The summed E-state index contributed by atoms with van der Waals surface area (Å²) in [6.45, 7) is 4.03. The molecular formula is C21H25NO3S. The van der Waals surface area contributed by atoms with E-state index in [4.69, 9.17) is 4.74 Å². The quantitative estimate of drug-likeness (QED) is 0.631. The van der Waals surface area contributed by atoms with Gasteiger partial charge in [0.1, 0.15) is 5.00 Å². The molecule has 0 radical (unpaired) electrons. The number of aryl methyl sites for hydroxylation is 3. The van der Waals surface area contributed by atoms with Crippen LogP contribution in [0.4, 0.5) is 5.00 Å². The van der Waals surface area contributed by atoms with E-state index < -0.39 is 0 Å². The van der Waals surface area contributed by atoms with Crippen LogP contribution in [0.5, 0.6) is 0 Å². The molecular weight excluding hydrogens is 346 g/mol. The topological polar surface area (TPSA) is 55.4 Å². The number of fused-ring (bicyclic) bond motifs is 1. The molecule has 0 saturated carbocycles. The lowest BCUT2D eigenvalue weighted by atomic mass is 10.0. The second-order valence-electron chi connectivity index (χ2n) is 6.92. The summed E-state index contributed by atoms with van der Waals surface area (Å²) in [6, 6.07) is 6.12. The van der Waals surface area contributed by atoms with E-state index in [0.29, 0.717) is 17.0 Å². The summed E-state index contributed by atoms with van der Waals surface area (Å²) in [5.74, 6) is -0.452. The van der Waals surface area contributed by atoms with Gasteiger partial charge in [-0.15, -0.1) is 11.3 Å². The highest BCUT2D eigenvalue weighted by atomic mass is 32.1. The third-order valence-corrected chi connectivity index (χ3v) is 6.13. The highest BCUT2D eigenvalue weighted by Crippen LogP contribution is 2.38. The minimum absolute atomic E-state index is 0.0970. The number of carbonyl (C=O) groups excluding carboxylic acids is 2. The molecule has 26 heavy (non-hydrogen) atoms. The van der Waals surface area contributed by atoms with Crippen LogP contribution >= 0.6 is 11.3 Å². The number of ether oxygens (including phenoxy) is 1. The van der Waals surface area contributed by atoms with Crippen molar-refractivity contribution in [3.05, 3.63) is 50.9 Å². The molecule has 1 aromatic carbocycles. The lowest BCUT2D eigenvalue weighted by Crippen LogP contribution is -2.17. The Morgan fingerprint density at radius 3 is 2.69 bits per heavy atom. The predicted octanol–water partition coefficient (Wildman–Crippen LogP) is 4.60. The van der Waals surface area contributed by atoms with Crippen molar-refractivity contribution in [1.29, 1.82) is 0 Å². The monoisotopic (exact) mass is 371 g/mol. The molecule has 1 aliphatic carbocycles. The fourth-order valence-corrected chi connectivity index (χ4v) is 4.78. The molecule has 3 rings (SSSR count). The number of carbonyl (C=O) groups is 2. The molecule has 0 bridgehead atoms. The Balaban J connectivity index is 1.85. The third kappa shape index (κ3) is 3.98. The number of benzene rings is 1. The number of anilines is 1. The van der Waals surface area contributed by atoms with Gasteiger partial charge in [0.25, 0.3) is 0 Å². The SMILES string of the molecule is COC(=O)c1c(NC(=O)Cc2cc(C)ccc2C)sc2c1CCCCC2. The van der Waals surface area contributed by atoms with Crippen molar-refractivity contribution in [2.75, 3.05) is 12.4 Å². The van der Waals surface area contributed by atoms with Crippen LogP contribution in [0.2, 0.25) is 0 Å². The van der Waals surface area contributed by atoms with Crippen molar-refractivity contribution in [3.63, 3.8) is 0 Å². The van der Waals surface area contributed by atoms with E-state index in [1.165, 1.54) is 29.7 Å². The van der Waals surface area contributed by atoms with Crippen LogP contribution in [-0.4, -0.2) is 19.0 Å². The largest absolute Gasteiger partial charge is 0.465 e. The summed E-state index contributed by atoms with van der Waals surface area (Å²) in [5, 5.41) is 3.62. The average Bonchev–Trinajstić information content (AvgIpc) is 2.78. The zero-order valence-corrected chi connectivity index (χ0v) is 16.4. The first-order valence-corrected chi connectivity index (χ1v) is 9.90.